The fourth-order valence-electron chi connectivity index (χ4n) is 2.98. The summed E-state index contributed by atoms with van der Waals surface area (Å²) in [5.41, 5.74) is 2.06. The van der Waals surface area contributed by atoms with Gasteiger partial charge in [-0.25, -0.2) is 0 Å². The number of aryl methyl sites for hydroxylation is 1. The Morgan fingerprint density at radius 2 is 1.95 bits per heavy atom. The third-order valence-corrected chi connectivity index (χ3v) is 4.14. The lowest BCUT2D eigenvalue weighted by Gasteiger charge is -2.26. The second kappa shape index (κ2) is 7.44. The van der Waals surface area contributed by atoms with Crippen molar-refractivity contribution in [1.29, 1.82) is 0 Å². The molecule has 2 rings (SSSR count). The van der Waals surface area contributed by atoms with Gasteiger partial charge in [0.15, 0.2) is 0 Å². The molecule has 0 atom stereocenters. The Kier molecular flexibility index (Phi) is 5.60. The van der Waals surface area contributed by atoms with Gasteiger partial charge < -0.3 is 5.32 Å². The van der Waals surface area contributed by atoms with E-state index in [0.29, 0.717) is 12.6 Å². The number of amides is 1. The molecule has 1 aromatic carbocycles. The Hall–Kier alpha value is -1.35. The van der Waals surface area contributed by atoms with Crippen LogP contribution in [0.5, 0.6) is 0 Å². The zero-order valence-electron chi connectivity index (χ0n) is 12.7. The minimum absolute atomic E-state index is 0.0855. The van der Waals surface area contributed by atoms with Crippen molar-refractivity contribution in [2.24, 2.45) is 0 Å². The number of nitrogens with one attached hydrogen (secondary N) is 1. The van der Waals surface area contributed by atoms with E-state index >= 15 is 0 Å². The molecular weight excluding hydrogens is 248 g/mol. The Bertz CT molecular complexity index is 436. The molecule has 20 heavy (non-hydrogen) atoms. The van der Waals surface area contributed by atoms with Gasteiger partial charge >= 0.3 is 0 Å². The van der Waals surface area contributed by atoms with Gasteiger partial charge in [-0.15, -0.1) is 0 Å². The first-order valence-electron chi connectivity index (χ1n) is 7.72. The number of likely N-dealkylation sites (N-methyl/N-ethyl adjacent to an activating group) is 1. The predicted molar refractivity (Wildman–Crippen MR) is 83.9 cm³/mol. The third-order valence-electron chi connectivity index (χ3n) is 4.14. The predicted octanol–water partition coefficient (Wildman–Crippen LogP) is 3.59. The van der Waals surface area contributed by atoms with Crippen LogP contribution in [0.2, 0.25) is 0 Å². The lowest BCUT2D eigenvalue weighted by atomic mass is 10.1. The van der Waals surface area contributed by atoms with Crippen LogP contribution in [0, 0.1) is 6.92 Å². The summed E-state index contributed by atoms with van der Waals surface area (Å²) in [7, 11) is 2.08. The van der Waals surface area contributed by atoms with E-state index in [4.69, 9.17) is 0 Å². The number of hydrogen-bond donors (Lipinski definition) is 1. The molecule has 1 amide bonds. The number of nitrogens with zero attached hydrogens (tertiary/aromatic N) is 1. The lowest BCUT2D eigenvalue weighted by Crippen LogP contribution is -2.37. The zero-order valence-corrected chi connectivity index (χ0v) is 12.7. The Morgan fingerprint density at radius 3 is 2.60 bits per heavy atom. The molecule has 0 heterocycles. The first-order valence-corrected chi connectivity index (χ1v) is 7.72. The summed E-state index contributed by atoms with van der Waals surface area (Å²) in [4.78, 5) is 14.3. The topological polar surface area (TPSA) is 32.3 Å². The Morgan fingerprint density at radius 1 is 1.25 bits per heavy atom. The van der Waals surface area contributed by atoms with Gasteiger partial charge in [0.1, 0.15) is 0 Å². The second-order valence-electron chi connectivity index (χ2n) is 5.98. The van der Waals surface area contributed by atoms with Crippen LogP contribution in [0.4, 0.5) is 5.69 Å². The summed E-state index contributed by atoms with van der Waals surface area (Å²) < 4.78 is 0. The maximum atomic E-state index is 12.1. The van der Waals surface area contributed by atoms with Crippen LogP contribution in [0.15, 0.2) is 24.3 Å². The van der Waals surface area contributed by atoms with Crippen molar-refractivity contribution in [3.05, 3.63) is 29.8 Å². The van der Waals surface area contributed by atoms with Crippen LogP contribution in [0.3, 0.4) is 0 Å². The lowest BCUT2D eigenvalue weighted by molar-refractivity contribution is -0.117. The first-order chi connectivity index (χ1) is 9.65. The fraction of sp³-hybridized carbons (Fsp3) is 0.588. The molecule has 1 N–H and O–H groups in total. The van der Waals surface area contributed by atoms with Gasteiger partial charge in [-0.1, -0.05) is 37.8 Å². The summed E-state index contributed by atoms with van der Waals surface area (Å²) in [6, 6.07) is 8.52. The first kappa shape index (κ1) is 15.0. The number of carbonyl (C=O) groups excluding carboxylic acids is 1. The second-order valence-corrected chi connectivity index (χ2v) is 5.98. The highest BCUT2D eigenvalue weighted by Crippen LogP contribution is 2.21. The monoisotopic (exact) mass is 274 g/mol. The number of carbonyl (C=O) groups is 1. The van der Waals surface area contributed by atoms with E-state index in [1.165, 1.54) is 44.1 Å². The molecule has 1 aliphatic rings. The highest BCUT2D eigenvalue weighted by Gasteiger charge is 2.18. The van der Waals surface area contributed by atoms with E-state index in [2.05, 4.69) is 17.3 Å². The summed E-state index contributed by atoms with van der Waals surface area (Å²) in [5, 5.41) is 2.99. The van der Waals surface area contributed by atoms with Crippen molar-refractivity contribution in [1.82, 2.24) is 4.90 Å². The van der Waals surface area contributed by atoms with Crippen molar-refractivity contribution in [3.8, 4) is 0 Å². The molecular formula is C17H26N2O. The molecule has 0 aromatic heterocycles. The van der Waals surface area contributed by atoms with Crippen molar-refractivity contribution in [2.45, 2.75) is 51.5 Å². The number of hydrogen-bond acceptors (Lipinski definition) is 2. The Balaban J connectivity index is 1.84. The van der Waals surface area contributed by atoms with E-state index in [9.17, 15) is 4.79 Å². The molecule has 3 nitrogen and oxygen atoms in total. The zero-order chi connectivity index (χ0) is 14.4. The number of anilines is 1. The van der Waals surface area contributed by atoms with Gasteiger partial charge in [0, 0.05) is 11.7 Å². The molecule has 1 aliphatic carbocycles. The van der Waals surface area contributed by atoms with Gasteiger partial charge in [-0.2, -0.15) is 0 Å². The van der Waals surface area contributed by atoms with E-state index < -0.39 is 0 Å². The van der Waals surface area contributed by atoms with Crippen molar-refractivity contribution in [2.75, 3.05) is 18.9 Å². The highest BCUT2D eigenvalue weighted by molar-refractivity contribution is 5.92. The molecule has 1 fully saturated rings. The van der Waals surface area contributed by atoms with Crippen LogP contribution in [-0.4, -0.2) is 30.4 Å². The van der Waals surface area contributed by atoms with Crippen molar-refractivity contribution >= 4 is 11.6 Å². The molecule has 0 radical (unpaired) electrons. The molecule has 0 aliphatic heterocycles. The fourth-order valence-corrected chi connectivity index (χ4v) is 2.98. The largest absolute Gasteiger partial charge is 0.325 e. The highest BCUT2D eigenvalue weighted by atomic mass is 16.2. The quantitative estimate of drug-likeness (QED) is 0.851. The summed E-state index contributed by atoms with van der Waals surface area (Å²) in [6.45, 7) is 2.52. The molecule has 0 unspecified atom stereocenters. The smallest absolute Gasteiger partial charge is 0.238 e. The van der Waals surface area contributed by atoms with E-state index in [-0.39, 0.29) is 5.91 Å². The van der Waals surface area contributed by atoms with Crippen LogP contribution in [-0.2, 0) is 4.79 Å². The van der Waals surface area contributed by atoms with Gasteiger partial charge in [0.25, 0.3) is 0 Å². The van der Waals surface area contributed by atoms with Crippen molar-refractivity contribution < 1.29 is 4.79 Å². The van der Waals surface area contributed by atoms with Crippen LogP contribution >= 0.6 is 0 Å². The van der Waals surface area contributed by atoms with Gasteiger partial charge in [0.2, 0.25) is 5.91 Å². The molecule has 1 aromatic rings. The third kappa shape index (κ3) is 4.64. The number of benzene rings is 1. The normalized spacial score (nSPS) is 16.9. The Labute approximate surface area is 122 Å². The summed E-state index contributed by atoms with van der Waals surface area (Å²) in [5.74, 6) is 0.0855. The number of rotatable bonds is 4. The van der Waals surface area contributed by atoms with Gasteiger partial charge in [-0.05, 0) is 44.5 Å². The molecule has 3 heteroatoms. The average Bonchev–Trinajstić information content (AvgIpc) is 2.67. The summed E-state index contributed by atoms with van der Waals surface area (Å²) >= 11 is 0. The van der Waals surface area contributed by atoms with Gasteiger partial charge in [-0.3, -0.25) is 9.69 Å². The SMILES string of the molecule is Cc1cccc(NC(=O)CN(C)C2CCCCCC2)c1. The van der Waals surface area contributed by atoms with Crippen LogP contribution in [0.25, 0.3) is 0 Å². The van der Waals surface area contributed by atoms with Crippen LogP contribution < -0.4 is 5.32 Å². The van der Waals surface area contributed by atoms with Gasteiger partial charge in [0.05, 0.1) is 6.54 Å². The maximum absolute atomic E-state index is 12.1. The van der Waals surface area contributed by atoms with Crippen LogP contribution in [0.1, 0.15) is 44.1 Å². The van der Waals surface area contributed by atoms with E-state index in [0.717, 1.165) is 5.69 Å². The molecule has 0 spiro atoms. The standard InChI is InChI=1S/C17H26N2O/c1-14-8-7-9-15(12-14)18-17(20)13-19(2)16-10-5-3-4-6-11-16/h7-9,12,16H,3-6,10-11,13H2,1-2H3,(H,18,20). The maximum Gasteiger partial charge on any atom is 0.238 e. The minimum atomic E-state index is 0.0855. The van der Waals surface area contributed by atoms with E-state index in [1.807, 2.05) is 31.2 Å². The molecule has 0 saturated heterocycles. The molecule has 1 saturated carbocycles. The molecule has 110 valence electrons. The molecule has 0 bridgehead atoms. The summed E-state index contributed by atoms with van der Waals surface area (Å²) in [6.07, 6.45) is 7.76. The van der Waals surface area contributed by atoms with E-state index in [1.54, 1.807) is 0 Å². The average molecular weight is 274 g/mol. The minimum Gasteiger partial charge on any atom is -0.325 e. The van der Waals surface area contributed by atoms with Crippen molar-refractivity contribution in [3.63, 3.8) is 0 Å².